The molecule has 0 radical (unpaired) electrons. The Morgan fingerprint density at radius 3 is 2.72 bits per heavy atom. The predicted molar refractivity (Wildman–Crippen MR) is 101 cm³/mol. The van der Waals surface area contributed by atoms with Crippen molar-refractivity contribution in [1.29, 1.82) is 0 Å². The summed E-state index contributed by atoms with van der Waals surface area (Å²) in [5, 5.41) is 10.1. The van der Waals surface area contributed by atoms with E-state index < -0.39 is 0 Å². The Bertz CT molecular complexity index is 527. The van der Waals surface area contributed by atoms with E-state index in [1.165, 1.54) is 25.7 Å². The van der Waals surface area contributed by atoms with E-state index >= 15 is 0 Å². The van der Waals surface area contributed by atoms with Crippen molar-refractivity contribution in [2.45, 2.75) is 58.5 Å². The molecule has 1 aromatic carbocycles. The molecule has 5 heteroatoms. The number of likely N-dealkylation sites (tertiary alicyclic amines) is 1. The minimum absolute atomic E-state index is 0.0664. The topological polar surface area (TPSA) is 55.9 Å². The van der Waals surface area contributed by atoms with Crippen LogP contribution in [0.2, 0.25) is 0 Å². The Hall–Kier alpha value is -1.75. The fourth-order valence-electron chi connectivity index (χ4n) is 3.11. The average molecular weight is 349 g/mol. The highest BCUT2D eigenvalue weighted by molar-refractivity contribution is 5.60. The van der Waals surface area contributed by atoms with Crippen molar-refractivity contribution in [3.63, 3.8) is 0 Å². The summed E-state index contributed by atoms with van der Waals surface area (Å²) in [6.45, 7) is 7.91. The quantitative estimate of drug-likeness (QED) is 0.409. The van der Waals surface area contributed by atoms with E-state index in [-0.39, 0.29) is 12.2 Å². The summed E-state index contributed by atoms with van der Waals surface area (Å²) >= 11 is 0. The van der Waals surface area contributed by atoms with Gasteiger partial charge in [0.15, 0.2) is 5.75 Å². The first-order valence-corrected chi connectivity index (χ1v) is 9.62. The highest BCUT2D eigenvalue weighted by Crippen LogP contribution is 2.18. The summed E-state index contributed by atoms with van der Waals surface area (Å²) in [5.74, 6) is 0.734. The van der Waals surface area contributed by atoms with Crippen molar-refractivity contribution in [1.82, 2.24) is 4.90 Å². The van der Waals surface area contributed by atoms with Crippen LogP contribution in [0.25, 0.3) is 0 Å². The second-order valence-corrected chi connectivity index (χ2v) is 6.77. The molecule has 140 valence electrons. The minimum atomic E-state index is -0.172. The maximum absolute atomic E-state index is 10.1. The molecule has 1 aromatic rings. The largest absolute Gasteiger partial charge is 0.551 e. The first-order chi connectivity index (χ1) is 12.2. The number of nitrogens with one attached hydrogen (secondary N) is 1. The third kappa shape index (κ3) is 7.34. The molecule has 0 saturated carbocycles. The molecule has 1 fully saturated rings. The molecule has 1 saturated heterocycles. The van der Waals surface area contributed by atoms with Gasteiger partial charge in [0.1, 0.15) is 6.10 Å². The number of unbranched alkanes of at least 4 members (excludes halogenated alkanes) is 2. The molecular formula is C20H33N2O3+. The maximum Gasteiger partial charge on any atom is 0.551 e. The second kappa shape index (κ2) is 11.0. The average Bonchev–Trinajstić information content (AvgIpc) is 2.60. The van der Waals surface area contributed by atoms with Gasteiger partial charge in [0.05, 0.1) is 6.61 Å². The Kier molecular flexibility index (Phi) is 8.60. The van der Waals surface area contributed by atoms with Crippen LogP contribution < -0.4 is 9.73 Å². The number of para-hydroxylation sites is 2. The zero-order valence-corrected chi connectivity index (χ0v) is 15.7. The van der Waals surface area contributed by atoms with Gasteiger partial charge in [-0.05, 0) is 45.3 Å². The van der Waals surface area contributed by atoms with Gasteiger partial charge in [-0.25, -0.2) is 0 Å². The van der Waals surface area contributed by atoms with E-state index in [4.69, 9.17) is 9.47 Å². The molecular weight excluding hydrogens is 316 g/mol. The van der Waals surface area contributed by atoms with E-state index in [0.29, 0.717) is 6.61 Å². The van der Waals surface area contributed by atoms with Crippen molar-refractivity contribution in [3.8, 4) is 5.75 Å². The smallest absolute Gasteiger partial charge is 0.487 e. The number of nitrogens with zero attached hydrogens (tertiary/aromatic N) is 1. The van der Waals surface area contributed by atoms with Crippen LogP contribution >= 0.6 is 0 Å². The number of aliphatic hydroxyl groups excluding tert-OH is 1. The molecule has 0 aliphatic carbocycles. The van der Waals surface area contributed by atoms with E-state index in [1.54, 1.807) is 0 Å². The Morgan fingerprint density at radius 2 is 1.96 bits per heavy atom. The van der Waals surface area contributed by atoms with Gasteiger partial charge in [0, 0.05) is 12.6 Å². The molecule has 1 aliphatic rings. The summed E-state index contributed by atoms with van der Waals surface area (Å²) in [6, 6.07) is 7.62. The lowest BCUT2D eigenvalue weighted by molar-refractivity contribution is -0.384. The molecule has 25 heavy (non-hydrogen) atoms. The summed E-state index contributed by atoms with van der Waals surface area (Å²) in [6.07, 6.45) is 6.94. The highest BCUT2D eigenvalue weighted by Gasteiger charge is 2.18. The van der Waals surface area contributed by atoms with E-state index in [0.717, 1.165) is 43.9 Å². The van der Waals surface area contributed by atoms with Gasteiger partial charge < -0.3 is 14.6 Å². The van der Waals surface area contributed by atoms with Crippen LogP contribution in [0.5, 0.6) is 5.75 Å². The third-order valence-corrected chi connectivity index (χ3v) is 4.41. The summed E-state index contributed by atoms with van der Waals surface area (Å²) in [4.78, 5) is 5.32. The Morgan fingerprint density at radius 1 is 1.20 bits per heavy atom. The van der Waals surface area contributed by atoms with E-state index in [1.807, 2.05) is 31.2 Å². The number of piperidine rings is 1. The minimum Gasteiger partial charge on any atom is -0.487 e. The van der Waals surface area contributed by atoms with Gasteiger partial charge in [-0.15, -0.1) is 4.99 Å². The number of benzene rings is 1. The summed E-state index contributed by atoms with van der Waals surface area (Å²) in [5.41, 5.74) is 0.724. The van der Waals surface area contributed by atoms with E-state index in [2.05, 4.69) is 16.8 Å². The zero-order valence-electron chi connectivity index (χ0n) is 15.7. The van der Waals surface area contributed by atoms with Crippen LogP contribution in [0.4, 0.5) is 5.69 Å². The predicted octanol–water partition coefficient (Wildman–Crippen LogP) is 2.77. The van der Waals surface area contributed by atoms with Gasteiger partial charge >= 0.3 is 6.08 Å². The van der Waals surface area contributed by atoms with Crippen LogP contribution in [0.1, 0.15) is 52.4 Å². The SMILES string of the molecule is CCCCCOc1ccccc1[NH+]=C(O)O[C@@H](C)CN1CCCCC1. The molecule has 2 N–H and O–H groups in total. The van der Waals surface area contributed by atoms with Crippen LogP contribution in [-0.2, 0) is 4.74 Å². The van der Waals surface area contributed by atoms with Crippen LogP contribution in [0.15, 0.2) is 24.3 Å². The summed E-state index contributed by atoms with van der Waals surface area (Å²) < 4.78 is 11.4. The molecule has 2 rings (SSSR count). The van der Waals surface area contributed by atoms with Crippen LogP contribution in [0.3, 0.4) is 0 Å². The van der Waals surface area contributed by atoms with Gasteiger partial charge in [-0.1, -0.05) is 38.3 Å². The first kappa shape index (κ1) is 19.6. The molecule has 1 atom stereocenters. The lowest BCUT2D eigenvalue weighted by Crippen LogP contribution is -2.67. The van der Waals surface area contributed by atoms with Gasteiger partial charge in [0.25, 0.3) is 5.69 Å². The molecule has 0 unspecified atom stereocenters. The first-order valence-electron chi connectivity index (χ1n) is 9.62. The molecule has 5 nitrogen and oxygen atoms in total. The van der Waals surface area contributed by atoms with Crippen molar-refractivity contribution < 1.29 is 19.6 Å². The lowest BCUT2D eigenvalue weighted by Gasteiger charge is -2.28. The number of ether oxygens (including phenoxy) is 2. The fraction of sp³-hybridized carbons (Fsp3) is 0.650. The van der Waals surface area contributed by atoms with Crippen molar-refractivity contribution in [2.75, 3.05) is 26.2 Å². The van der Waals surface area contributed by atoms with Gasteiger partial charge in [-0.2, -0.15) is 0 Å². The van der Waals surface area contributed by atoms with E-state index in [9.17, 15) is 5.11 Å². The number of hydrogen-bond acceptors (Lipinski definition) is 3. The molecule has 0 aromatic heterocycles. The zero-order chi connectivity index (χ0) is 17.9. The second-order valence-electron chi connectivity index (χ2n) is 6.77. The van der Waals surface area contributed by atoms with Crippen molar-refractivity contribution >= 4 is 11.8 Å². The van der Waals surface area contributed by atoms with Crippen molar-refractivity contribution in [3.05, 3.63) is 24.3 Å². The molecule has 1 heterocycles. The maximum atomic E-state index is 10.1. The number of hydrogen-bond donors (Lipinski definition) is 2. The van der Waals surface area contributed by atoms with Crippen molar-refractivity contribution in [2.24, 2.45) is 0 Å². The fourth-order valence-corrected chi connectivity index (χ4v) is 3.11. The molecule has 0 bridgehead atoms. The highest BCUT2D eigenvalue weighted by atomic mass is 16.6. The standard InChI is InChI=1S/C20H32N2O3/c1-3-4-10-15-24-19-12-7-6-11-18(19)21-20(23)25-17(2)16-22-13-8-5-9-14-22/h6-7,11-12,17H,3-5,8-10,13-16H2,1-2H3,(H,21,23)/p+1/t17-/m0/s1. The van der Waals surface area contributed by atoms with Crippen LogP contribution in [-0.4, -0.2) is 48.4 Å². The Balaban J connectivity index is 1.87. The molecule has 0 amide bonds. The molecule has 0 spiro atoms. The monoisotopic (exact) mass is 349 g/mol. The Labute approximate surface area is 151 Å². The van der Waals surface area contributed by atoms with Crippen LogP contribution in [0, 0.1) is 0 Å². The van der Waals surface area contributed by atoms with Gasteiger partial charge in [-0.3, -0.25) is 4.90 Å². The normalized spacial score (nSPS) is 17.3. The number of aliphatic hydroxyl groups is 1. The lowest BCUT2D eigenvalue weighted by atomic mass is 10.1. The third-order valence-electron chi connectivity index (χ3n) is 4.41. The summed E-state index contributed by atoms with van der Waals surface area (Å²) in [7, 11) is 0. The number of rotatable bonds is 9. The van der Waals surface area contributed by atoms with Gasteiger partial charge in [0.2, 0.25) is 0 Å². The molecule has 1 aliphatic heterocycles.